The predicted molar refractivity (Wildman–Crippen MR) is 81.9 cm³/mol. The number of rotatable bonds is 5. The van der Waals surface area contributed by atoms with Crippen LogP contribution in [-0.4, -0.2) is 17.6 Å². The predicted octanol–water partition coefficient (Wildman–Crippen LogP) is 2.84. The fourth-order valence-electron chi connectivity index (χ4n) is 2.99. The van der Waals surface area contributed by atoms with Gasteiger partial charge < -0.3 is 16.3 Å². The van der Waals surface area contributed by atoms with Gasteiger partial charge >= 0.3 is 0 Å². The van der Waals surface area contributed by atoms with Crippen molar-refractivity contribution in [1.29, 1.82) is 0 Å². The number of nitrogens with two attached hydrogens (primary N) is 1. The van der Waals surface area contributed by atoms with E-state index in [9.17, 15) is 0 Å². The van der Waals surface area contributed by atoms with Crippen molar-refractivity contribution in [3.8, 4) is 0 Å². The van der Waals surface area contributed by atoms with Gasteiger partial charge in [-0.2, -0.15) is 0 Å². The molecule has 1 aromatic rings. The molecule has 0 radical (unpaired) electrons. The van der Waals surface area contributed by atoms with Gasteiger partial charge in [0.25, 0.3) is 0 Å². The summed E-state index contributed by atoms with van der Waals surface area (Å²) in [7, 11) is 0. The normalized spacial score (nSPS) is 18.9. The zero-order valence-corrected chi connectivity index (χ0v) is 12.2. The van der Waals surface area contributed by atoms with E-state index < -0.39 is 0 Å². The first-order valence-electron chi connectivity index (χ1n) is 7.40. The molecule has 1 aliphatic carbocycles. The second-order valence-corrected chi connectivity index (χ2v) is 6.16. The maximum Gasteiger partial charge on any atom is 0.170 e. The highest BCUT2D eigenvalue weighted by atomic mass is 16.4. The number of hydrogen-bond acceptors (Lipinski definition) is 3. The summed E-state index contributed by atoms with van der Waals surface area (Å²) in [6.07, 6.45) is 6.75. The van der Waals surface area contributed by atoms with E-state index in [0.717, 1.165) is 24.2 Å². The Morgan fingerprint density at radius 3 is 2.80 bits per heavy atom. The Kier molecular flexibility index (Phi) is 5.01. The highest BCUT2D eigenvalue weighted by Crippen LogP contribution is 2.34. The van der Waals surface area contributed by atoms with Crippen molar-refractivity contribution in [1.82, 2.24) is 5.32 Å². The molecule has 1 saturated carbocycles. The highest BCUT2D eigenvalue weighted by Gasteiger charge is 2.25. The Labute approximate surface area is 121 Å². The third-order valence-electron chi connectivity index (χ3n) is 4.27. The van der Waals surface area contributed by atoms with Crippen molar-refractivity contribution >= 4 is 5.84 Å². The van der Waals surface area contributed by atoms with Crippen molar-refractivity contribution in [2.75, 3.05) is 6.54 Å². The zero-order chi connectivity index (χ0) is 14.4. The van der Waals surface area contributed by atoms with Crippen LogP contribution in [0.25, 0.3) is 0 Å². The molecule has 0 saturated heterocycles. The first-order valence-corrected chi connectivity index (χ1v) is 7.40. The van der Waals surface area contributed by atoms with E-state index in [1.54, 1.807) is 0 Å². The topological polar surface area (TPSA) is 70.6 Å². The summed E-state index contributed by atoms with van der Waals surface area (Å²) in [6.45, 7) is 4.26. The van der Waals surface area contributed by atoms with E-state index in [4.69, 9.17) is 10.9 Å². The Hall–Kier alpha value is -1.55. The van der Waals surface area contributed by atoms with Crippen LogP contribution in [0.15, 0.2) is 29.4 Å². The molecule has 4 N–H and O–H groups in total. The number of oxime groups is 1. The number of amidine groups is 1. The largest absolute Gasteiger partial charge is 0.409 e. The molecule has 0 atom stereocenters. The summed E-state index contributed by atoms with van der Waals surface area (Å²) >= 11 is 0. The van der Waals surface area contributed by atoms with Crippen molar-refractivity contribution in [2.45, 2.75) is 45.6 Å². The second kappa shape index (κ2) is 6.75. The van der Waals surface area contributed by atoms with Crippen LogP contribution in [0.1, 0.15) is 50.2 Å². The minimum atomic E-state index is 0.158. The summed E-state index contributed by atoms with van der Waals surface area (Å²) in [4.78, 5) is 0. The third-order valence-corrected chi connectivity index (χ3v) is 4.27. The Bertz CT molecular complexity index is 465. The van der Waals surface area contributed by atoms with Crippen molar-refractivity contribution < 1.29 is 5.21 Å². The molecular formula is C16H25N3O. The molecular weight excluding hydrogens is 250 g/mol. The Morgan fingerprint density at radius 1 is 1.35 bits per heavy atom. The molecule has 20 heavy (non-hydrogen) atoms. The summed E-state index contributed by atoms with van der Waals surface area (Å²) < 4.78 is 0. The number of nitrogens with zero attached hydrogens (tertiary/aromatic N) is 1. The van der Waals surface area contributed by atoms with Gasteiger partial charge in [0.1, 0.15) is 0 Å². The lowest BCUT2D eigenvalue weighted by Gasteiger charge is -2.33. The summed E-state index contributed by atoms with van der Waals surface area (Å²) in [6, 6.07) is 7.81. The number of hydrogen-bond donors (Lipinski definition) is 3. The van der Waals surface area contributed by atoms with Gasteiger partial charge in [-0.3, -0.25) is 0 Å². The lowest BCUT2D eigenvalue weighted by Crippen LogP contribution is -2.33. The van der Waals surface area contributed by atoms with Crippen molar-refractivity contribution in [3.05, 3.63) is 35.4 Å². The minimum absolute atomic E-state index is 0.158. The molecule has 1 fully saturated rings. The molecule has 0 bridgehead atoms. The molecule has 2 rings (SSSR count). The van der Waals surface area contributed by atoms with Crippen LogP contribution in [0.5, 0.6) is 0 Å². The van der Waals surface area contributed by atoms with E-state index in [2.05, 4.69) is 23.5 Å². The smallest absolute Gasteiger partial charge is 0.170 e. The SMILES string of the molecule is CC1(CNCc2cccc(/C(N)=N/O)c2)CCCCC1. The molecule has 0 heterocycles. The first-order chi connectivity index (χ1) is 9.63. The van der Waals surface area contributed by atoms with E-state index in [-0.39, 0.29) is 5.84 Å². The van der Waals surface area contributed by atoms with E-state index in [0.29, 0.717) is 5.41 Å². The Morgan fingerprint density at radius 2 is 2.10 bits per heavy atom. The molecule has 0 amide bonds. The molecule has 1 aromatic carbocycles. The maximum atomic E-state index is 8.71. The van der Waals surface area contributed by atoms with Crippen LogP contribution in [0, 0.1) is 5.41 Å². The van der Waals surface area contributed by atoms with Gasteiger partial charge in [-0.05, 0) is 29.9 Å². The van der Waals surface area contributed by atoms with E-state index >= 15 is 0 Å². The van der Waals surface area contributed by atoms with Gasteiger partial charge in [0, 0.05) is 18.7 Å². The average Bonchev–Trinajstić information content (AvgIpc) is 2.47. The fraction of sp³-hybridized carbons (Fsp3) is 0.562. The van der Waals surface area contributed by atoms with Crippen LogP contribution in [-0.2, 0) is 6.54 Å². The average molecular weight is 275 g/mol. The first kappa shape index (κ1) is 14.9. The quantitative estimate of drug-likeness (QED) is 0.335. The maximum absolute atomic E-state index is 8.71. The van der Waals surface area contributed by atoms with E-state index in [1.165, 1.54) is 32.1 Å². The van der Waals surface area contributed by atoms with Gasteiger partial charge in [0.2, 0.25) is 0 Å². The molecule has 4 heteroatoms. The summed E-state index contributed by atoms with van der Waals surface area (Å²) in [5.74, 6) is 0.158. The van der Waals surface area contributed by atoms with Crippen molar-refractivity contribution in [2.24, 2.45) is 16.3 Å². The van der Waals surface area contributed by atoms with Crippen LogP contribution in [0.2, 0.25) is 0 Å². The molecule has 0 aliphatic heterocycles. The standard InChI is InChI=1S/C16H25N3O/c1-16(8-3-2-4-9-16)12-18-11-13-6-5-7-14(10-13)15(17)19-20/h5-7,10,18,20H,2-4,8-9,11-12H2,1H3,(H2,17,19). The molecule has 4 nitrogen and oxygen atoms in total. The molecule has 0 unspecified atom stereocenters. The number of nitrogens with one attached hydrogen (secondary N) is 1. The number of benzene rings is 1. The molecule has 110 valence electrons. The fourth-order valence-corrected chi connectivity index (χ4v) is 2.99. The van der Waals surface area contributed by atoms with Crippen LogP contribution in [0.4, 0.5) is 0 Å². The van der Waals surface area contributed by atoms with Gasteiger partial charge in [-0.25, -0.2) is 0 Å². The minimum Gasteiger partial charge on any atom is -0.409 e. The van der Waals surface area contributed by atoms with E-state index in [1.807, 2.05) is 18.2 Å². The van der Waals surface area contributed by atoms with Crippen LogP contribution >= 0.6 is 0 Å². The van der Waals surface area contributed by atoms with Crippen LogP contribution < -0.4 is 11.1 Å². The van der Waals surface area contributed by atoms with Gasteiger partial charge in [-0.15, -0.1) is 0 Å². The third kappa shape index (κ3) is 3.97. The van der Waals surface area contributed by atoms with Gasteiger partial charge in [-0.1, -0.05) is 49.5 Å². The highest BCUT2D eigenvalue weighted by molar-refractivity contribution is 5.97. The second-order valence-electron chi connectivity index (χ2n) is 6.16. The Balaban J connectivity index is 1.88. The summed E-state index contributed by atoms with van der Waals surface area (Å²) in [5, 5.41) is 15.3. The molecule has 1 aliphatic rings. The zero-order valence-electron chi connectivity index (χ0n) is 12.2. The van der Waals surface area contributed by atoms with Gasteiger partial charge in [0.15, 0.2) is 5.84 Å². The lowest BCUT2D eigenvalue weighted by molar-refractivity contribution is 0.207. The lowest BCUT2D eigenvalue weighted by atomic mass is 9.76. The van der Waals surface area contributed by atoms with Gasteiger partial charge in [0.05, 0.1) is 0 Å². The van der Waals surface area contributed by atoms with Crippen molar-refractivity contribution in [3.63, 3.8) is 0 Å². The molecule has 0 aromatic heterocycles. The molecule has 0 spiro atoms. The summed E-state index contributed by atoms with van der Waals surface area (Å²) in [5.41, 5.74) is 7.98. The monoisotopic (exact) mass is 275 g/mol. The van der Waals surface area contributed by atoms with Crippen LogP contribution in [0.3, 0.4) is 0 Å².